The van der Waals surface area contributed by atoms with E-state index >= 15 is 0 Å². The number of primary amides is 1. The number of amides is 1. The molecule has 4 rings (SSSR count). The summed E-state index contributed by atoms with van der Waals surface area (Å²) in [6.07, 6.45) is 2.66. The molecule has 1 aromatic carbocycles. The first-order chi connectivity index (χ1) is 18.3. The number of hydrogen-bond acceptors (Lipinski definition) is 9. The van der Waals surface area contributed by atoms with E-state index in [0.29, 0.717) is 24.0 Å². The van der Waals surface area contributed by atoms with E-state index in [1.54, 1.807) is 31.2 Å². The molecule has 1 amide bonds. The van der Waals surface area contributed by atoms with E-state index in [1.807, 2.05) is 0 Å². The predicted molar refractivity (Wildman–Crippen MR) is 140 cm³/mol. The summed E-state index contributed by atoms with van der Waals surface area (Å²) >= 11 is 0. The third kappa shape index (κ3) is 3.84. The number of carbonyl (C=O) groups excluding carboxylic acids is 5. The zero-order chi connectivity index (χ0) is 29.1. The molecule has 0 bridgehead atoms. The highest BCUT2D eigenvalue weighted by atomic mass is 16.3. The Morgan fingerprint density at radius 3 is 2.23 bits per heavy atom. The Hall–Kier alpha value is -3.47. The molecule has 208 valence electrons. The molecule has 0 heterocycles. The van der Waals surface area contributed by atoms with E-state index < -0.39 is 76.4 Å². The van der Waals surface area contributed by atoms with Gasteiger partial charge in [0.05, 0.1) is 29.5 Å². The zero-order valence-electron chi connectivity index (χ0n) is 22.2. The largest absolute Gasteiger partial charge is 0.507 e. The van der Waals surface area contributed by atoms with E-state index in [0.717, 1.165) is 0 Å². The lowest BCUT2D eigenvalue weighted by Gasteiger charge is -2.56. The normalized spacial score (nSPS) is 34.0. The Morgan fingerprint density at radius 2 is 1.72 bits per heavy atom. The van der Waals surface area contributed by atoms with Crippen molar-refractivity contribution in [3.63, 3.8) is 0 Å². The first-order valence-corrected chi connectivity index (χ1v) is 12.9. The number of phenolic OH excluding ortho intramolecular Hbond substituents is 1. The van der Waals surface area contributed by atoms with Gasteiger partial charge in [-0.15, -0.1) is 13.2 Å². The summed E-state index contributed by atoms with van der Waals surface area (Å²) in [4.78, 5) is 68.1. The van der Waals surface area contributed by atoms with Gasteiger partial charge in [-0.3, -0.25) is 28.9 Å². The number of aromatic hydroxyl groups is 1. The maximum absolute atomic E-state index is 14.0. The van der Waals surface area contributed by atoms with Crippen LogP contribution in [0.1, 0.15) is 53.1 Å². The van der Waals surface area contributed by atoms with Crippen molar-refractivity contribution in [3.05, 3.63) is 54.1 Å². The molecule has 0 radical (unpaired) electrons. The fourth-order valence-corrected chi connectivity index (χ4v) is 7.09. The summed E-state index contributed by atoms with van der Waals surface area (Å²) in [5.41, 5.74) is 3.06. The van der Waals surface area contributed by atoms with Gasteiger partial charge in [-0.1, -0.05) is 31.2 Å². The second kappa shape index (κ2) is 9.93. The number of phenols is 1. The van der Waals surface area contributed by atoms with Crippen molar-refractivity contribution in [2.75, 3.05) is 14.1 Å². The van der Waals surface area contributed by atoms with Gasteiger partial charge in [-0.25, -0.2) is 0 Å². The van der Waals surface area contributed by atoms with Crippen LogP contribution in [0.3, 0.4) is 0 Å². The van der Waals surface area contributed by atoms with E-state index in [4.69, 9.17) is 5.73 Å². The molecule has 0 aromatic heterocycles. The molecule has 8 atom stereocenters. The Morgan fingerprint density at radius 1 is 1.13 bits per heavy atom. The minimum Gasteiger partial charge on any atom is -0.507 e. The number of nitrogens with zero attached hydrogens (tertiary/aromatic N) is 1. The second-order valence-electron chi connectivity index (χ2n) is 11.1. The smallest absolute Gasteiger partial charge is 0.235 e. The number of hydrogen-bond donors (Lipinski definition) is 4. The number of aliphatic hydroxyl groups is 2. The Labute approximate surface area is 226 Å². The number of ketones is 4. The molecule has 0 aliphatic heterocycles. The summed E-state index contributed by atoms with van der Waals surface area (Å²) in [6, 6.07) is 1.96. The summed E-state index contributed by atoms with van der Waals surface area (Å²) in [7, 11) is 2.90. The number of aliphatic hydroxyl groups excluding tert-OH is 1. The van der Waals surface area contributed by atoms with Gasteiger partial charge >= 0.3 is 0 Å². The molecular weight excluding hydrogens is 504 g/mol. The first-order valence-electron chi connectivity index (χ1n) is 12.9. The van der Waals surface area contributed by atoms with Gasteiger partial charge < -0.3 is 21.1 Å². The van der Waals surface area contributed by atoms with Crippen LogP contribution in [0.2, 0.25) is 0 Å². The molecule has 1 aromatic rings. The second-order valence-corrected chi connectivity index (χ2v) is 11.1. The van der Waals surface area contributed by atoms with Gasteiger partial charge in [-0.05, 0) is 49.9 Å². The molecule has 10 nitrogen and oxygen atoms in total. The highest BCUT2D eigenvalue weighted by molar-refractivity contribution is 6.32. The van der Waals surface area contributed by atoms with Gasteiger partial charge in [0.15, 0.2) is 34.7 Å². The standard InChI is InChI=1S/C29H34N2O8/c1-6-8-13(9-7-2)15-11-10-14-12(3)16-18(23(33)17(14)22(15)32)26(36)29(39)20(24(16)34)21(31(4)5)25(35)19(27(29)37)28(30)38/h6-7,10-13,16,18-21,24,32,34,39H,1-2,8-9H2,3-5H3,(H2,30,38)/t12-,16+,18?,19?,20+,21-,24-,29-/m1/s1. The Bertz CT molecular complexity index is 1290. The summed E-state index contributed by atoms with van der Waals surface area (Å²) < 4.78 is 0. The quantitative estimate of drug-likeness (QED) is 0.287. The molecule has 2 unspecified atom stereocenters. The van der Waals surface area contributed by atoms with E-state index in [-0.39, 0.29) is 17.2 Å². The van der Waals surface area contributed by atoms with Crippen LogP contribution in [-0.4, -0.2) is 81.1 Å². The number of allylic oxidation sites excluding steroid dienone is 2. The molecule has 2 fully saturated rings. The lowest BCUT2D eigenvalue weighted by Crippen LogP contribution is -2.77. The molecule has 0 spiro atoms. The van der Waals surface area contributed by atoms with Crippen molar-refractivity contribution in [3.8, 4) is 5.75 Å². The van der Waals surface area contributed by atoms with Crippen LogP contribution in [0.4, 0.5) is 0 Å². The number of rotatable bonds is 7. The van der Waals surface area contributed by atoms with Gasteiger partial charge in [0.2, 0.25) is 5.91 Å². The molecular formula is C29H34N2O8. The molecule has 2 saturated carbocycles. The third-order valence-corrected chi connectivity index (χ3v) is 8.86. The summed E-state index contributed by atoms with van der Waals surface area (Å²) in [5.74, 6) is -13.5. The van der Waals surface area contributed by atoms with Crippen molar-refractivity contribution in [2.24, 2.45) is 29.4 Å². The first kappa shape index (κ1) is 28.5. The minimum atomic E-state index is -3.02. The van der Waals surface area contributed by atoms with Crippen molar-refractivity contribution >= 4 is 29.0 Å². The lowest BCUT2D eigenvalue weighted by atomic mass is 9.49. The number of carbonyl (C=O) groups is 5. The van der Waals surface area contributed by atoms with Gasteiger partial charge in [0.1, 0.15) is 5.75 Å². The Balaban J connectivity index is 1.92. The Kier molecular flexibility index (Phi) is 7.26. The van der Waals surface area contributed by atoms with Crippen LogP contribution in [0, 0.1) is 23.7 Å². The molecule has 3 aliphatic carbocycles. The third-order valence-electron chi connectivity index (χ3n) is 8.86. The summed E-state index contributed by atoms with van der Waals surface area (Å²) in [6.45, 7) is 9.17. The van der Waals surface area contributed by atoms with Crippen LogP contribution in [-0.2, 0) is 19.2 Å². The predicted octanol–water partition coefficient (Wildman–Crippen LogP) is 0.635. The number of Topliss-reactive ketones (excluding diaryl/α,β-unsaturated/α-hetero) is 4. The maximum atomic E-state index is 14.0. The van der Waals surface area contributed by atoms with Gasteiger partial charge in [0.25, 0.3) is 0 Å². The number of benzene rings is 1. The van der Waals surface area contributed by atoms with Crippen molar-refractivity contribution in [1.82, 2.24) is 4.90 Å². The van der Waals surface area contributed by atoms with Crippen LogP contribution in [0.5, 0.6) is 5.75 Å². The molecule has 3 aliphatic rings. The SMILES string of the molecule is C=CCC(CC=C)c1ccc2c(c1O)C(=O)C1C(=O)[C@@]3(O)C(=O)C(C(N)=O)C(=O)[C@H](N(C)C)[C@H]3[C@H](O)[C@H]1[C@@H]2C. The fourth-order valence-electron chi connectivity index (χ4n) is 7.09. The lowest BCUT2D eigenvalue weighted by molar-refractivity contribution is -0.196. The summed E-state index contributed by atoms with van der Waals surface area (Å²) in [5, 5.41) is 34.6. The zero-order valence-corrected chi connectivity index (χ0v) is 22.2. The van der Waals surface area contributed by atoms with E-state index in [9.17, 15) is 39.3 Å². The van der Waals surface area contributed by atoms with Crippen molar-refractivity contribution in [2.45, 2.75) is 49.3 Å². The van der Waals surface area contributed by atoms with Gasteiger partial charge in [-0.2, -0.15) is 0 Å². The molecule has 10 heteroatoms. The monoisotopic (exact) mass is 538 g/mol. The molecule has 0 saturated heterocycles. The fraction of sp³-hybridized carbons (Fsp3) is 0.483. The highest BCUT2D eigenvalue weighted by Crippen LogP contribution is 2.55. The minimum absolute atomic E-state index is 0.114. The highest BCUT2D eigenvalue weighted by Gasteiger charge is 2.72. The van der Waals surface area contributed by atoms with Gasteiger partial charge in [0, 0.05) is 5.92 Å². The topological polar surface area (TPSA) is 175 Å². The van der Waals surface area contributed by atoms with Crippen LogP contribution >= 0.6 is 0 Å². The van der Waals surface area contributed by atoms with Crippen LogP contribution < -0.4 is 5.73 Å². The van der Waals surface area contributed by atoms with E-state index in [2.05, 4.69) is 13.2 Å². The van der Waals surface area contributed by atoms with Crippen molar-refractivity contribution in [1.29, 1.82) is 0 Å². The molecule has 5 N–H and O–H groups in total. The average molecular weight is 539 g/mol. The number of likely N-dealkylation sites (N-methyl/N-ethyl adjacent to an activating group) is 1. The van der Waals surface area contributed by atoms with Crippen LogP contribution in [0.15, 0.2) is 37.4 Å². The number of fused-ring (bicyclic) bond motifs is 3. The van der Waals surface area contributed by atoms with Crippen LogP contribution in [0.25, 0.3) is 0 Å². The maximum Gasteiger partial charge on any atom is 0.235 e. The average Bonchev–Trinajstić information content (AvgIpc) is 2.85. The van der Waals surface area contributed by atoms with Crippen molar-refractivity contribution < 1.29 is 39.3 Å². The molecule has 39 heavy (non-hydrogen) atoms. The number of nitrogens with two attached hydrogens (primary N) is 1. The van der Waals surface area contributed by atoms with E-state index in [1.165, 1.54) is 19.0 Å².